The van der Waals surface area contributed by atoms with E-state index in [1.165, 1.54) is 4.90 Å². The Labute approximate surface area is 247 Å². The number of hydrogen-bond acceptors (Lipinski definition) is 5. The summed E-state index contributed by atoms with van der Waals surface area (Å²) in [6.07, 6.45) is 0.502. The summed E-state index contributed by atoms with van der Waals surface area (Å²) in [5.74, 6) is -2.80. The van der Waals surface area contributed by atoms with Crippen LogP contribution in [0.4, 0.5) is 5.69 Å². The van der Waals surface area contributed by atoms with E-state index in [2.05, 4.69) is 26.6 Å². The van der Waals surface area contributed by atoms with Crippen LogP contribution in [0.1, 0.15) is 37.8 Å². The number of nitrogens with one attached hydrogen (secondary N) is 2. The minimum atomic E-state index is -1.23. The van der Waals surface area contributed by atoms with Crippen LogP contribution in [0.2, 0.25) is 5.02 Å². The molecule has 3 unspecified atom stereocenters. The average molecular weight is 633 g/mol. The average Bonchev–Trinajstić information content (AvgIpc) is 3.54. The lowest BCUT2D eigenvalue weighted by atomic mass is 9.70. The number of amides is 3. The maximum Gasteiger partial charge on any atom is 0.250 e. The van der Waals surface area contributed by atoms with Gasteiger partial charge >= 0.3 is 0 Å². The first-order chi connectivity index (χ1) is 19.1. The highest BCUT2D eigenvalue weighted by Crippen LogP contribution is 2.60. The van der Waals surface area contributed by atoms with Gasteiger partial charge in [-0.2, -0.15) is 0 Å². The normalized spacial score (nSPS) is 30.2. The Hall–Kier alpha value is -2.46. The number of fused-ring (bicyclic) bond motifs is 1. The van der Waals surface area contributed by atoms with Gasteiger partial charge in [0.25, 0.3) is 0 Å². The second kappa shape index (κ2) is 11.4. The van der Waals surface area contributed by atoms with Crippen molar-refractivity contribution in [1.29, 1.82) is 0 Å². The zero-order chi connectivity index (χ0) is 28.8. The van der Waals surface area contributed by atoms with Gasteiger partial charge in [-0.05, 0) is 36.5 Å². The van der Waals surface area contributed by atoms with Crippen molar-refractivity contribution >= 4 is 50.9 Å². The van der Waals surface area contributed by atoms with Crippen LogP contribution in [0.25, 0.3) is 0 Å². The van der Waals surface area contributed by atoms with Crippen molar-refractivity contribution < 1.29 is 24.2 Å². The molecule has 0 aliphatic carbocycles. The molecule has 3 saturated heterocycles. The minimum Gasteiger partial charge on any atom is -0.394 e. The maximum atomic E-state index is 14.3. The Morgan fingerprint density at radius 2 is 1.93 bits per heavy atom. The van der Waals surface area contributed by atoms with Crippen molar-refractivity contribution in [2.45, 2.75) is 68.8 Å². The highest BCUT2D eigenvalue weighted by Gasteiger charge is 2.77. The molecule has 3 fully saturated rings. The molecular weight excluding hydrogens is 598 g/mol. The Balaban J connectivity index is 1.53. The summed E-state index contributed by atoms with van der Waals surface area (Å²) in [6.45, 7) is 5.77. The Morgan fingerprint density at radius 3 is 2.58 bits per heavy atom. The van der Waals surface area contributed by atoms with Gasteiger partial charge in [-0.1, -0.05) is 90.3 Å². The molecule has 214 valence electrons. The van der Waals surface area contributed by atoms with Gasteiger partial charge in [-0.3, -0.25) is 14.4 Å². The number of hydrogen-bond donors (Lipinski definition) is 3. The molecule has 8 atom stereocenters. The molecular formula is C30H35BrClN3O5. The maximum absolute atomic E-state index is 14.3. The second-order valence-electron chi connectivity index (χ2n) is 11.2. The van der Waals surface area contributed by atoms with Gasteiger partial charge in [0.15, 0.2) is 0 Å². The predicted octanol–water partition coefficient (Wildman–Crippen LogP) is 4.06. The van der Waals surface area contributed by atoms with Crippen LogP contribution in [0.3, 0.4) is 0 Å². The summed E-state index contributed by atoms with van der Waals surface area (Å²) < 4.78 is 6.58. The second-order valence-corrected chi connectivity index (χ2v) is 12.8. The van der Waals surface area contributed by atoms with E-state index in [1.54, 1.807) is 12.1 Å². The molecule has 8 nitrogen and oxygen atoms in total. The molecule has 0 radical (unpaired) electrons. The largest absolute Gasteiger partial charge is 0.394 e. The standard InChI is InChI=1S/C30H35BrClN3O5/c1-4-16(2)21(15-36)35-26(28(38)34-24-17(3)9-8-12-20(24)32)30-13-19(31)25(40-30)22(23(30)29(35)39)27(37)33-14-18-10-6-5-7-11-18/h5-12,16,19,21-23,25-26,36H,4,13-15H2,1-3H3,(H,33,37)(H,34,38)/t16-,19?,21-,22-,23-,25-,26?,30?/m0/s1. The Kier molecular flexibility index (Phi) is 8.30. The molecule has 3 aliphatic heterocycles. The van der Waals surface area contributed by atoms with Crippen molar-refractivity contribution in [1.82, 2.24) is 10.2 Å². The van der Waals surface area contributed by atoms with Crippen LogP contribution in [-0.4, -0.2) is 63.0 Å². The molecule has 2 aromatic carbocycles. The van der Waals surface area contributed by atoms with Crippen LogP contribution in [0.5, 0.6) is 0 Å². The number of nitrogens with zero attached hydrogens (tertiary/aromatic N) is 1. The fraction of sp³-hybridized carbons (Fsp3) is 0.500. The number of ether oxygens (including phenoxy) is 1. The number of carbonyl (C=O) groups is 3. The highest BCUT2D eigenvalue weighted by atomic mass is 79.9. The van der Waals surface area contributed by atoms with Crippen molar-refractivity contribution in [3.63, 3.8) is 0 Å². The predicted molar refractivity (Wildman–Crippen MR) is 156 cm³/mol. The third kappa shape index (κ3) is 4.74. The molecule has 10 heteroatoms. The summed E-state index contributed by atoms with van der Waals surface area (Å²) in [5.41, 5.74) is 0.948. The lowest BCUT2D eigenvalue weighted by Gasteiger charge is -2.39. The molecule has 1 spiro atoms. The SMILES string of the molecule is CC[C@H](C)[C@H](CO)N1C(=O)[C@@H]2[C@H](C(=O)NCc3ccccc3)[C@H]3OC2(CC3Br)C1C(=O)Nc1c(C)cccc1Cl. The molecule has 0 saturated carbocycles. The lowest BCUT2D eigenvalue weighted by molar-refractivity contribution is -0.145. The number of carbonyl (C=O) groups excluding carboxylic acids is 3. The number of aliphatic hydroxyl groups is 1. The van der Waals surface area contributed by atoms with Gasteiger partial charge in [0, 0.05) is 11.4 Å². The fourth-order valence-corrected chi connectivity index (χ4v) is 7.93. The summed E-state index contributed by atoms with van der Waals surface area (Å²) in [5, 5.41) is 16.8. The van der Waals surface area contributed by atoms with Crippen molar-refractivity contribution in [3.05, 3.63) is 64.7 Å². The van der Waals surface area contributed by atoms with E-state index in [9.17, 15) is 19.5 Å². The molecule has 3 N–H and O–H groups in total. The number of para-hydroxylation sites is 1. The lowest BCUT2D eigenvalue weighted by Crippen LogP contribution is -2.57. The van der Waals surface area contributed by atoms with Crippen molar-refractivity contribution in [2.75, 3.05) is 11.9 Å². The van der Waals surface area contributed by atoms with Gasteiger partial charge in [0.05, 0.1) is 41.3 Å². The van der Waals surface area contributed by atoms with E-state index in [0.29, 0.717) is 30.1 Å². The third-order valence-electron chi connectivity index (χ3n) is 8.90. The van der Waals surface area contributed by atoms with E-state index in [-0.39, 0.29) is 29.2 Å². The van der Waals surface area contributed by atoms with Gasteiger partial charge in [-0.25, -0.2) is 0 Å². The zero-order valence-electron chi connectivity index (χ0n) is 22.8. The third-order valence-corrected chi connectivity index (χ3v) is 10.1. The number of aryl methyl sites for hydroxylation is 1. The van der Waals surface area contributed by atoms with Gasteiger partial charge in [0.1, 0.15) is 11.6 Å². The van der Waals surface area contributed by atoms with E-state index in [4.69, 9.17) is 16.3 Å². The van der Waals surface area contributed by atoms with E-state index < -0.39 is 41.5 Å². The van der Waals surface area contributed by atoms with Gasteiger partial charge in [-0.15, -0.1) is 0 Å². The molecule has 0 aromatic heterocycles. The number of rotatable bonds is 9. The summed E-state index contributed by atoms with van der Waals surface area (Å²) in [6, 6.07) is 13.2. The number of likely N-dealkylation sites (tertiary alicyclic amines) is 1. The van der Waals surface area contributed by atoms with Crippen molar-refractivity contribution in [2.24, 2.45) is 17.8 Å². The van der Waals surface area contributed by atoms with E-state index in [1.807, 2.05) is 57.2 Å². The molecule has 2 bridgehead atoms. The Morgan fingerprint density at radius 1 is 1.20 bits per heavy atom. The first-order valence-corrected chi connectivity index (χ1v) is 15.1. The quantitative estimate of drug-likeness (QED) is 0.362. The monoisotopic (exact) mass is 631 g/mol. The number of alkyl halides is 1. The van der Waals surface area contributed by atoms with Crippen LogP contribution >= 0.6 is 27.5 Å². The van der Waals surface area contributed by atoms with Crippen LogP contribution in [0, 0.1) is 24.7 Å². The number of benzene rings is 2. The topological polar surface area (TPSA) is 108 Å². The molecule has 3 amide bonds. The fourth-order valence-electron chi connectivity index (χ4n) is 6.72. The molecule has 3 aliphatic rings. The minimum absolute atomic E-state index is 0.0937. The van der Waals surface area contributed by atoms with Gasteiger partial charge < -0.3 is 25.4 Å². The van der Waals surface area contributed by atoms with Crippen LogP contribution in [0.15, 0.2) is 48.5 Å². The molecule has 3 heterocycles. The summed E-state index contributed by atoms with van der Waals surface area (Å²) in [4.78, 5) is 43.5. The summed E-state index contributed by atoms with van der Waals surface area (Å²) >= 11 is 10.1. The Bertz CT molecular complexity index is 1280. The van der Waals surface area contributed by atoms with E-state index in [0.717, 1.165) is 11.1 Å². The van der Waals surface area contributed by atoms with E-state index >= 15 is 0 Å². The smallest absolute Gasteiger partial charge is 0.250 e. The van der Waals surface area contributed by atoms with Gasteiger partial charge in [0.2, 0.25) is 17.7 Å². The zero-order valence-corrected chi connectivity index (χ0v) is 25.1. The first-order valence-electron chi connectivity index (χ1n) is 13.8. The molecule has 40 heavy (non-hydrogen) atoms. The summed E-state index contributed by atoms with van der Waals surface area (Å²) in [7, 11) is 0. The highest BCUT2D eigenvalue weighted by molar-refractivity contribution is 9.09. The van der Waals surface area contributed by atoms with Crippen molar-refractivity contribution in [3.8, 4) is 0 Å². The number of halogens is 2. The number of anilines is 1. The first kappa shape index (κ1) is 29.0. The van der Waals surface area contributed by atoms with Crippen LogP contribution < -0.4 is 10.6 Å². The molecule has 5 rings (SSSR count). The van der Waals surface area contributed by atoms with Crippen LogP contribution in [-0.2, 0) is 25.7 Å². The number of aliphatic hydroxyl groups excluding tert-OH is 1. The molecule has 2 aromatic rings.